The Morgan fingerprint density at radius 3 is 2.93 bits per heavy atom. The van der Waals surface area contributed by atoms with Gasteiger partial charge < -0.3 is 14.8 Å². The SMILES string of the molecule is O=C(NCc1ccco1)c1c(N=Cc2cc(I)cc(I)c2O)sc2c1CCCC2. The fraction of sp³-hybridized carbons (Fsp3) is 0.238. The number of hydrogen-bond donors (Lipinski definition) is 2. The summed E-state index contributed by atoms with van der Waals surface area (Å²) in [4.78, 5) is 18.9. The van der Waals surface area contributed by atoms with E-state index in [1.165, 1.54) is 4.88 Å². The van der Waals surface area contributed by atoms with Crippen molar-refractivity contribution in [3.05, 3.63) is 65.0 Å². The van der Waals surface area contributed by atoms with Gasteiger partial charge in [-0.05, 0) is 101 Å². The number of furan rings is 1. The number of thiophene rings is 1. The Morgan fingerprint density at radius 1 is 1.31 bits per heavy atom. The molecule has 2 heterocycles. The number of phenols is 1. The number of nitrogens with one attached hydrogen (secondary N) is 1. The van der Waals surface area contributed by atoms with E-state index in [-0.39, 0.29) is 11.7 Å². The summed E-state index contributed by atoms with van der Waals surface area (Å²) in [5.74, 6) is 0.792. The van der Waals surface area contributed by atoms with Crippen LogP contribution in [0.15, 0.2) is 39.9 Å². The maximum absolute atomic E-state index is 13.0. The lowest BCUT2D eigenvalue weighted by atomic mass is 9.95. The standard InChI is InChI=1S/C21H18I2N2O3S/c22-13-8-12(19(26)16(23)9-13)10-25-21-18(15-5-1-2-6-17(15)29-21)20(27)24-11-14-4-3-7-28-14/h3-4,7-10,26H,1-2,5-6,11H2,(H,24,27). The van der Waals surface area contributed by atoms with Gasteiger partial charge in [-0.1, -0.05) is 0 Å². The van der Waals surface area contributed by atoms with Gasteiger partial charge >= 0.3 is 0 Å². The molecule has 0 radical (unpaired) electrons. The van der Waals surface area contributed by atoms with Gasteiger partial charge in [0, 0.05) is 20.2 Å². The number of carbonyl (C=O) groups excluding carboxylic acids is 1. The molecule has 1 aliphatic rings. The van der Waals surface area contributed by atoms with Gasteiger partial charge in [-0.2, -0.15) is 0 Å². The van der Waals surface area contributed by atoms with Gasteiger partial charge in [0.25, 0.3) is 5.91 Å². The van der Waals surface area contributed by atoms with Crippen molar-refractivity contribution in [2.24, 2.45) is 4.99 Å². The van der Waals surface area contributed by atoms with Crippen LogP contribution in [0.1, 0.15) is 45.0 Å². The van der Waals surface area contributed by atoms with Crippen molar-refractivity contribution in [3.63, 3.8) is 0 Å². The zero-order valence-corrected chi connectivity index (χ0v) is 20.5. The van der Waals surface area contributed by atoms with Crippen LogP contribution < -0.4 is 5.32 Å². The largest absolute Gasteiger partial charge is 0.506 e. The Balaban J connectivity index is 1.66. The third-order valence-corrected chi connectivity index (χ3v) is 7.41. The fourth-order valence-electron chi connectivity index (χ4n) is 3.36. The number of halogens is 2. The average molecular weight is 632 g/mol. The summed E-state index contributed by atoms with van der Waals surface area (Å²) in [6, 6.07) is 7.43. The van der Waals surface area contributed by atoms with Crippen LogP contribution >= 0.6 is 56.5 Å². The van der Waals surface area contributed by atoms with Gasteiger partial charge in [-0.25, -0.2) is 4.99 Å². The summed E-state index contributed by atoms with van der Waals surface area (Å²) in [5, 5.41) is 14.0. The number of amides is 1. The molecule has 8 heteroatoms. The van der Waals surface area contributed by atoms with Crippen molar-refractivity contribution in [3.8, 4) is 5.75 Å². The number of aliphatic imine (C=N–C) groups is 1. The number of nitrogens with zero attached hydrogens (tertiary/aromatic N) is 1. The first kappa shape index (κ1) is 20.9. The molecule has 4 rings (SSSR count). The molecule has 0 spiro atoms. The molecule has 1 aromatic carbocycles. The smallest absolute Gasteiger partial charge is 0.255 e. The Hall–Kier alpha value is -1.40. The van der Waals surface area contributed by atoms with E-state index in [1.807, 2.05) is 18.2 Å². The van der Waals surface area contributed by atoms with Crippen LogP contribution in [0, 0.1) is 7.14 Å². The summed E-state index contributed by atoms with van der Waals surface area (Å²) < 4.78 is 7.11. The Morgan fingerprint density at radius 2 is 2.14 bits per heavy atom. The molecule has 2 N–H and O–H groups in total. The highest BCUT2D eigenvalue weighted by Crippen LogP contribution is 2.40. The number of aromatic hydroxyl groups is 1. The Bertz CT molecular complexity index is 1070. The predicted octanol–water partition coefficient (Wildman–Crippen LogP) is 5.82. The van der Waals surface area contributed by atoms with Gasteiger partial charge in [0.1, 0.15) is 16.5 Å². The molecule has 0 bridgehead atoms. The topological polar surface area (TPSA) is 74.8 Å². The molecule has 0 unspecified atom stereocenters. The number of aryl methyl sites for hydroxylation is 1. The molecular formula is C21H18I2N2O3S. The number of benzene rings is 1. The van der Waals surface area contributed by atoms with Crippen molar-refractivity contribution in [2.45, 2.75) is 32.2 Å². The van der Waals surface area contributed by atoms with Crippen molar-refractivity contribution < 1.29 is 14.3 Å². The first-order chi connectivity index (χ1) is 14.0. The summed E-state index contributed by atoms with van der Waals surface area (Å²) in [5.41, 5.74) is 2.42. The van der Waals surface area contributed by atoms with Gasteiger partial charge in [0.05, 0.1) is 21.9 Å². The summed E-state index contributed by atoms with van der Waals surface area (Å²) in [6.45, 7) is 0.343. The molecule has 3 aromatic rings. The van der Waals surface area contributed by atoms with Crippen LogP contribution in [0.25, 0.3) is 0 Å². The molecule has 1 aliphatic carbocycles. The highest BCUT2D eigenvalue weighted by Gasteiger charge is 2.25. The van der Waals surface area contributed by atoms with E-state index in [0.717, 1.165) is 38.4 Å². The van der Waals surface area contributed by atoms with Gasteiger partial charge in [-0.3, -0.25) is 4.79 Å². The number of rotatable bonds is 5. The van der Waals surface area contributed by atoms with E-state index in [9.17, 15) is 9.90 Å². The second-order valence-electron chi connectivity index (χ2n) is 6.74. The molecule has 5 nitrogen and oxygen atoms in total. The van der Waals surface area contributed by atoms with Crippen LogP contribution in [0.5, 0.6) is 5.75 Å². The molecule has 1 amide bonds. The highest BCUT2D eigenvalue weighted by atomic mass is 127. The second-order valence-corrected chi connectivity index (χ2v) is 10.2. The van der Waals surface area contributed by atoms with Crippen LogP contribution in [0.2, 0.25) is 0 Å². The van der Waals surface area contributed by atoms with E-state index in [0.29, 0.717) is 28.4 Å². The lowest BCUT2D eigenvalue weighted by Crippen LogP contribution is -2.23. The highest BCUT2D eigenvalue weighted by molar-refractivity contribution is 14.1. The first-order valence-corrected chi connectivity index (χ1v) is 12.2. The average Bonchev–Trinajstić information content (AvgIpc) is 3.35. The molecule has 0 saturated carbocycles. The van der Waals surface area contributed by atoms with Crippen molar-refractivity contribution in [2.75, 3.05) is 0 Å². The van der Waals surface area contributed by atoms with E-state index in [4.69, 9.17) is 4.42 Å². The number of hydrogen-bond acceptors (Lipinski definition) is 5. The van der Waals surface area contributed by atoms with Gasteiger partial charge in [0.2, 0.25) is 0 Å². The molecule has 0 fully saturated rings. The molecular weight excluding hydrogens is 614 g/mol. The van der Waals surface area contributed by atoms with Crippen LogP contribution in [-0.4, -0.2) is 17.2 Å². The van der Waals surface area contributed by atoms with E-state index in [1.54, 1.807) is 29.9 Å². The minimum absolute atomic E-state index is 0.130. The molecule has 29 heavy (non-hydrogen) atoms. The van der Waals surface area contributed by atoms with Crippen LogP contribution in [-0.2, 0) is 19.4 Å². The minimum atomic E-state index is -0.130. The third-order valence-electron chi connectivity index (χ3n) is 4.76. The minimum Gasteiger partial charge on any atom is -0.506 e. The fourth-order valence-corrected chi connectivity index (χ4v) is 6.48. The van der Waals surface area contributed by atoms with Crippen LogP contribution in [0.3, 0.4) is 0 Å². The van der Waals surface area contributed by atoms with E-state index >= 15 is 0 Å². The van der Waals surface area contributed by atoms with Crippen molar-refractivity contribution >= 4 is 73.6 Å². The lowest BCUT2D eigenvalue weighted by Gasteiger charge is -2.12. The van der Waals surface area contributed by atoms with E-state index < -0.39 is 0 Å². The number of phenolic OH excluding ortho intramolecular Hbond substituents is 1. The zero-order chi connectivity index (χ0) is 20.4. The Kier molecular flexibility index (Phi) is 6.60. The molecule has 0 aliphatic heterocycles. The third kappa shape index (κ3) is 4.69. The maximum Gasteiger partial charge on any atom is 0.255 e. The zero-order valence-electron chi connectivity index (χ0n) is 15.4. The maximum atomic E-state index is 13.0. The predicted molar refractivity (Wildman–Crippen MR) is 132 cm³/mol. The van der Waals surface area contributed by atoms with Crippen molar-refractivity contribution in [1.29, 1.82) is 0 Å². The van der Waals surface area contributed by atoms with Gasteiger partial charge in [-0.15, -0.1) is 11.3 Å². The second kappa shape index (κ2) is 9.17. The van der Waals surface area contributed by atoms with Crippen molar-refractivity contribution in [1.82, 2.24) is 5.32 Å². The quantitative estimate of drug-likeness (QED) is 0.276. The summed E-state index contributed by atoms with van der Waals surface area (Å²) in [7, 11) is 0. The van der Waals surface area contributed by atoms with Crippen LogP contribution in [0.4, 0.5) is 5.00 Å². The molecule has 0 saturated heterocycles. The first-order valence-electron chi connectivity index (χ1n) is 9.20. The number of fused-ring (bicyclic) bond motifs is 1. The lowest BCUT2D eigenvalue weighted by molar-refractivity contribution is 0.0948. The number of carbonyl (C=O) groups is 1. The summed E-state index contributed by atoms with van der Waals surface area (Å²) in [6.07, 6.45) is 7.36. The Labute approximate surface area is 199 Å². The molecule has 2 aromatic heterocycles. The summed E-state index contributed by atoms with van der Waals surface area (Å²) >= 11 is 5.90. The van der Waals surface area contributed by atoms with Gasteiger partial charge in [0.15, 0.2) is 0 Å². The van der Waals surface area contributed by atoms with E-state index in [2.05, 4.69) is 55.5 Å². The normalized spacial score (nSPS) is 13.6. The molecule has 150 valence electrons. The monoisotopic (exact) mass is 632 g/mol. The molecule has 0 atom stereocenters.